The van der Waals surface area contributed by atoms with Crippen LogP contribution in [0.1, 0.15) is 56.2 Å². The van der Waals surface area contributed by atoms with Gasteiger partial charge in [-0.25, -0.2) is 0 Å². The van der Waals surface area contributed by atoms with Gasteiger partial charge in [0.15, 0.2) is 0 Å². The van der Waals surface area contributed by atoms with Gasteiger partial charge in [0.1, 0.15) is 0 Å². The van der Waals surface area contributed by atoms with Crippen LogP contribution in [0.4, 0.5) is 5.69 Å². The SMILES string of the molecule is [CH2]C(Cc1ccccc1)=Nc1c(C(C)C)cccc1C(C)C. The monoisotopic (exact) mass is 292 g/mol. The van der Waals surface area contributed by atoms with E-state index in [1.54, 1.807) is 0 Å². The lowest BCUT2D eigenvalue weighted by Crippen LogP contribution is -2.01. The second-order valence-corrected chi connectivity index (χ2v) is 6.43. The highest BCUT2D eigenvalue weighted by Gasteiger charge is 2.13. The predicted octanol–water partition coefficient (Wildman–Crippen LogP) is 6.08. The Morgan fingerprint density at radius 1 is 0.864 bits per heavy atom. The molecule has 0 saturated heterocycles. The van der Waals surface area contributed by atoms with Crippen molar-refractivity contribution >= 4 is 11.4 Å². The van der Waals surface area contributed by atoms with Crippen molar-refractivity contribution in [2.24, 2.45) is 4.99 Å². The Labute approximate surface area is 135 Å². The van der Waals surface area contributed by atoms with Crippen molar-refractivity contribution in [1.82, 2.24) is 0 Å². The maximum atomic E-state index is 4.90. The summed E-state index contributed by atoms with van der Waals surface area (Å²) in [6.07, 6.45) is 0.796. The average Bonchev–Trinajstić information content (AvgIpc) is 2.47. The highest BCUT2D eigenvalue weighted by Crippen LogP contribution is 2.34. The zero-order valence-corrected chi connectivity index (χ0v) is 14.1. The lowest BCUT2D eigenvalue weighted by Gasteiger charge is -2.17. The summed E-state index contributed by atoms with van der Waals surface area (Å²) in [5, 5.41) is 0. The molecule has 1 heteroatoms. The van der Waals surface area contributed by atoms with Gasteiger partial charge in [-0.2, -0.15) is 0 Å². The van der Waals surface area contributed by atoms with Crippen LogP contribution >= 0.6 is 0 Å². The summed E-state index contributed by atoms with van der Waals surface area (Å²) in [6.45, 7) is 13.1. The third-order valence-electron chi connectivity index (χ3n) is 3.86. The highest BCUT2D eigenvalue weighted by molar-refractivity contribution is 5.93. The summed E-state index contributed by atoms with van der Waals surface area (Å²) < 4.78 is 0. The summed E-state index contributed by atoms with van der Waals surface area (Å²) in [5.41, 5.74) is 5.90. The molecule has 0 fully saturated rings. The molecule has 2 aromatic rings. The van der Waals surface area contributed by atoms with Gasteiger partial charge >= 0.3 is 0 Å². The molecule has 0 N–H and O–H groups in total. The van der Waals surface area contributed by atoms with Gasteiger partial charge in [0.2, 0.25) is 0 Å². The average molecular weight is 292 g/mol. The molecule has 0 atom stereocenters. The normalized spacial score (nSPS) is 12.2. The number of para-hydroxylation sites is 1. The molecular formula is C21H26N. The highest BCUT2D eigenvalue weighted by atomic mass is 14.8. The molecule has 1 radical (unpaired) electrons. The molecule has 0 heterocycles. The summed E-state index contributed by atoms with van der Waals surface area (Å²) in [5.74, 6) is 0.920. The van der Waals surface area contributed by atoms with Crippen molar-refractivity contribution in [1.29, 1.82) is 0 Å². The van der Waals surface area contributed by atoms with Gasteiger partial charge in [-0.3, -0.25) is 4.99 Å². The predicted molar refractivity (Wildman–Crippen MR) is 97.2 cm³/mol. The Morgan fingerprint density at radius 3 is 1.91 bits per heavy atom. The largest absolute Gasteiger partial charge is 0.257 e. The van der Waals surface area contributed by atoms with E-state index >= 15 is 0 Å². The van der Waals surface area contributed by atoms with Gasteiger partial charge in [-0.1, -0.05) is 76.2 Å². The van der Waals surface area contributed by atoms with Gasteiger partial charge < -0.3 is 0 Å². The summed E-state index contributed by atoms with van der Waals surface area (Å²) >= 11 is 0. The van der Waals surface area contributed by atoms with E-state index in [1.807, 2.05) is 6.07 Å². The van der Waals surface area contributed by atoms with E-state index in [9.17, 15) is 0 Å². The minimum absolute atomic E-state index is 0.460. The Balaban J connectivity index is 2.40. The van der Waals surface area contributed by atoms with Crippen LogP contribution in [0.5, 0.6) is 0 Å². The molecule has 0 bridgehead atoms. The van der Waals surface area contributed by atoms with Gasteiger partial charge in [0.25, 0.3) is 0 Å². The summed E-state index contributed by atoms with van der Waals surface area (Å²) in [7, 11) is 0. The minimum atomic E-state index is 0.460. The summed E-state index contributed by atoms with van der Waals surface area (Å²) in [4.78, 5) is 4.90. The van der Waals surface area contributed by atoms with E-state index in [0.29, 0.717) is 11.8 Å². The molecule has 0 amide bonds. The standard InChI is InChI=1S/C21H26N/c1-15(2)19-12-9-13-20(16(3)4)21(19)22-17(5)14-18-10-7-6-8-11-18/h6-13,15-16H,5,14H2,1-4H3. The first-order valence-electron chi connectivity index (χ1n) is 8.05. The van der Waals surface area contributed by atoms with E-state index in [2.05, 4.69) is 77.1 Å². The molecule has 0 aliphatic rings. The van der Waals surface area contributed by atoms with Gasteiger partial charge in [-0.05, 0) is 35.4 Å². The fraction of sp³-hybridized carbons (Fsp3) is 0.333. The van der Waals surface area contributed by atoms with Crippen LogP contribution in [-0.2, 0) is 6.42 Å². The number of benzene rings is 2. The lowest BCUT2D eigenvalue weighted by atomic mass is 9.93. The fourth-order valence-electron chi connectivity index (χ4n) is 2.67. The molecule has 2 rings (SSSR count). The Morgan fingerprint density at radius 2 is 1.41 bits per heavy atom. The Bertz CT molecular complexity index is 610. The first-order valence-corrected chi connectivity index (χ1v) is 8.05. The number of rotatable bonds is 5. The van der Waals surface area contributed by atoms with Crippen LogP contribution in [0.3, 0.4) is 0 Å². The molecule has 0 unspecified atom stereocenters. The topological polar surface area (TPSA) is 12.4 Å². The number of nitrogens with zero attached hydrogens (tertiary/aromatic N) is 1. The fourth-order valence-corrected chi connectivity index (χ4v) is 2.67. The Hall–Kier alpha value is -1.89. The van der Waals surface area contributed by atoms with Gasteiger partial charge in [0.05, 0.1) is 5.69 Å². The van der Waals surface area contributed by atoms with E-state index < -0.39 is 0 Å². The molecular weight excluding hydrogens is 266 g/mol. The first-order chi connectivity index (χ1) is 10.5. The van der Waals surface area contributed by atoms with Crippen LogP contribution < -0.4 is 0 Å². The number of aliphatic imine (C=N–C) groups is 1. The quantitative estimate of drug-likeness (QED) is 0.592. The van der Waals surface area contributed by atoms with E-state index in [0.717, 1.165) is 17.8 Å². The third-order valence-corrected chi connectivity index (χ3v) is 3.86. The van der Waals surface area contributed by atoms with Gasteiger partial charge in [0, 0.05) is 12.1 Å². The van der Waals surface area contributed by atoms with Crippen LogP contribution in [0.2, 0.25) is 0 Å². The molecule has 0 aliphatic carbocycles. The first kappa shape index (κ1) is 16.5. The molecule has 0 aliphatic heterocycles. The second-order valence-electron chi connectivity index (χ2n) is 6.43. The molecule has 22 heavy (non-hydrogen) atoms. The second kappa shape index (κ2) is 7.40. The smallest absolute Gasteiger partial charge is 0.0698 e. The molecule has 0 saturated carbocycles. The molecule has 1 nitrogen and oxygen atoms in total. The van der Waals surface area contributed by atoms with Crippen molar-refractivity contribution in [2.75, 3.05) is 0 Å². The number of hydrogen-bond acceptors (Lipinski definition) is 1. The number of hydrogen-bond donors (Lipinski definition) is 0. The van der Waals surface area contributed by atoms with E-state index in [-0.39, 0.29) is 0 Å². The molecule has 0 aromatic heterocycles. The van der Waals surface area contributed by atoms with Crippen molar-refractivity contribution in [3.8, 4) is 0 Å². The lowest BCUT2D eigenvalue weighted by molar-refractivity contribution is 0.834. The van der Waals surface area contributed by atoms with Crippen LogP contribution in [0.25, 0.3) is 0 Å². The minimum Gasteiger partial charge on any atom is -0.257 e. The maximum absolute atomic E-state index is 4.90. The van der Waals surface area contributed by atoms with Crippen molar-refractivity contribution in [3.05, 3.63) is 72.1 Å². The van der Waals surface area contributed by atoms with E-state index in [1.165, 1.54) is 16.7 Å². The maximum Gasteiger partial charge on any atom is 0.0698 e. The van der Waals surface area contributed by atoms with Crippen LogP contribution in [0.15, 0.2) is 53.5 Å². The third kappa shape index (κ3) is 4.07. The Kier molecular flexibility index (Phi) is 5.54. The zero-order chi connectivity index (χ0) is 16.1. The van der Waals surface area contributed by atoms with Crippen molar-refractivity contribution in [2.45, 2.75) is 46.0 Å². The van der Waals surface area contributed by atoms with Crippen LogP contribution in [0, 0.1) is 6.92 Å². The van der Waals surface area contributed by atoms with Crippen molar-refractivity contribution < 1.29 is 0 Å². The molecule has 115 valence electrons. The zero-order valence-electron chi connectivity index (χ0n) is 14.1. The summed E-state index contributed by atoms with van der Waals surface area (Å²) in [6, 6.07) is 16.9. The molecule has 2 aromatic carbocycles. The molecule has 0 spiro atoms. The van der Waals surface area contributed by atoms with Gasteiger partial charge in [-0.15, -0.1) is 0 Å². The van der Waals surface area contributed by atoms with Crippen LogP contribution in [-0.4, -0.2) is 5.71 Å². The van der Waals surface area contributed by atoms with E-state index in [4.69, 9.17) is 4.99 Å². The van der Waals surface area contributed by atoms with Crippen molar-refractivity contribution in [3.63, 3.8) is 0 Å².